The third-order valence-electron chi connectivity index (χ3n) is 4.71. The molecule has 0 fully saturated rings. The summed E-state index contributed by atoms with van der Waals surface area (Å²) >= 11 is 1.45. The van der Waals surface area contributed by atoms with Gasteiger partial charge in [0.1, 0.15) is 8.42 Å². The maximum atomic E-state index is 12.7. The number of carbonyl (C=O) groups excluding carboxylic acids is 1. The number of amides is 1. The van der Waals surface area contributed by atoms with Crippen LogP contribution in [0.4, 0.5) is 0 Å². The van der Waals surface area contributed by atoms with Crippen molar-refractivity contribution in [2.75, 3.05) is 33.4 Å². The average Bonchev–Trinajstić information content (AvgIpc) is 3.37. The molecular weight excluding hydrogens is 591 g/mol. The van der Waals surface area contributed by atoms with Crippen LogP contribution in [0.2, 0.25) is 0 Å². The molecule has 0 spiro atoms. The van der Waals surface area contributed by atoms with Gasteiger partial charge in [0.15, 0.2) is 0 Å². The van der Waals surface area contributed by atoms with Gasteiger partial charge in [-0.15, -0.1) is 16.4 Å². The van der Waals surface area contributed by atoms with Crippen molar-refractivity contribution in [3.05, 3.63) is 16.4 Å². The Balaban J connectivity index is 0.000000294. The molecule has 0 aliphatic carbocycles. The smallest absolute Gasteiger partial charge is 0.267 e. The van der Waals surface area contributed by atoms with Gasteiger partial charge in [0.2, 0.25) is 25.1 Å². The van der Waals surface area contributed by atoms with Gasteiger partial charge >= 0.3 is 0 Å². The number of ether oxygens (including phenoxy) is 1. The van der Waals surface area contributed by atoms with Crippen molar-refractivity contribution in [3.8, 4) is 0 Å². The Labute approximate surface area is 223 Å². The standard InChI is InChI=1S/C12H21N3O5S3.C5H8N4O3S2/c1-3-14-10-8-15(5-4-6-20-2)23(18,19)12-9(10)7-11(21-12)22(13,16)17;1-3(10)7-4-9(2)8-5(13-4)14(6,11)12/h7,10,14H,3-6,8H2,1-2H3,(H2,13,16,17);1-2H3,(H2,6,11,12)/b;7-4-/t10-;/m0./s1. The highest BCUT2D eigenvalue weighted by Crippen LogP contribution is 2.39. The Kier molecular flexibility index (Phi) is 10.7. The number of methoxy groups -OCH3 is 1. The van der Waals surface area contributed by atoms with Gasteiger partial charge in [-0.2, -0.15) is 9.30 Å². The van der Waals surface area contributed by atoms with Crippen LogP contribution in [0.3, 0.4) is 0 Å². The van der Waals surface area contributed by atoms with Crippen molar-refractivity contribution < 1.29 is 34.8 Å². The van der Waals surface area contributed by atoms with E-state index in [-0.39, 0.29) is 30.1 Å². The van der Waals surface area contributed by atoms with E-state index >= 15 is 0 Å². The Morgan fingerprint density at radius 1 is 1.27 bits per heavy atom. The van der Waals surface area contributed by atoms with Crippen molar-refractivity contribution in [1.29, 1.82) is 0 Å². The fourth-order valence-corrected chi connectivity index (χ4v) is 9.06. The SMILES string of the molecule is CC(=O)/N=c1\sc(S(N)(=O)=O)nn1C.CCN[C@H]1CN(CCCOC)S(=O)(=O)c2sc(S(N)(=O)=O)cc21. The molecule has 0 saturated heterocycles. The number of fused-ring (bicyclic) bond motifs is 1. The van der Waals surface area contributed by atoms with Crippen molar-refractivity contribution in [2.45, 2.75) is 39.1 Å². The molecule has 0 radical (unpaired) electrons. The van der Waals surface area contributed by atoms with Gasteiger partial charge in [0.05, 0.1) is 0 Å². The maximum absolute atomic E-state index is 12.7. The molecule has 1 aliphatic heterocycles. The van der Waals surface area contributed by atoms with Crippen LogP contribution in [0.15, 0.2) is 23.8 Å². The lowest BCUT2D eigenvalue weighted by atomic mass is 10.1. The minimum absolute atomic E-state index is 0.0520. The van der Waals surface area contributed by atoms with Gasteiger partial charge in [0, 0.05) is 52.4 Å². The first-order chi connectivity index (χ1) is 17.0. The van der Waals surface area contributed by atoms with Gasteiger partial charge in [-0.1, -0.05) is 18.3 Å². The molecule has 0 unspecified atom stereocenters. The second-order valence-electron chi connectivity index (χ2n) is 7.62. The lowest BCUT2D eigenvalue weighted by Crippen LogP contribution is -2.43. The van der Waals surface area contributed by atoms with E-state index in [4.69, 9.17) is 15.0 Å². The van der Waals surface area contributed by atoms with Crippen LogP contribution >= 0.6 is 22.7 Å². The van der Waals surface area contributed by atoms with E-state index in [2.05, 4.69) is 15.4 Å². The van der Waals surface area contributed by atoms with Gasteiger partial charge in [0.25, 0.3) is 20.0 Å². The summed E-state index contributed by atoms with van der Waals surface area (Å²) in [6.07, 6.45) is 0.567. The lowest BCUT2D eigenvalue weighted by molar-refractivity contribution is -0.116. The zero-order valence-electron chi connectivity index (χ0n) is 20.4. The summed E-state index contributed by atoms with van der Waals surface area (Å²) in [5, 5.41) is 16.8. The van der Waals surface area contributed by atoms with E-state index in [1.807, 2.05) is 6.92 Å². The summed E-state index contributed by atoms with van der Waals surface area (Å²) in [4.78, 5) is 14.4. The molecule has 2 aromatic rings. The number of carbonyl (C=O) groups is 1. The largest absolute Gasteiger partial charge is 0.385 e. The Bertz CT molecular complexity index is 1510. The molecular formula is C17H29N7O8S5. The molecule has 1 aliphatic rings. The number of nitrogens with two attached hydrogens (primary N) is 2. The number of hydrogen-bond donors (Lipinski definition) is 3. The Morgan fingerprint density at radius 2 is 1.92 bits per heavy atom. The van der Waals surface area contributed by atoms with Crippen molar-refractivity contribution in [1.82, 2.24) is 19.4 Å². The van der Waals surface area contributed by atoms with Gasteiger partial charge < -0.3 is 10.1 Å². The predicted molar refractivity (Wildman–Crippen MR) is 136 cm³/mol. The minimum Gasteiger partial charge on any atom is -0.385 e. The summed E-state index contributed by atoms with van der Waals surface area (Å²) < 4.78 is 77.5. The summed E-state index contributed by atoms with van der Waals surface area (Å²) in [5.74, 6) is -0.426. The molecule has 0 saturated carbocycles. The zero-order valence-corrected chi connectivity index (χ0v) is 24.5. The van der Waals surface area contributed by atoms with E-state index in [9.17, 15) is 30.0 Å². The van der Waals surface area contributed by atoms with Crippen LogP contribution in [-0.4, -0.2) is 78.6 Å². The topological polar surface area (TPSA) is 226 Å². The fourth-order valence-electron chi connectivity index (χ4n) is 3.16. The number of hydrogen-bond acceptors (Lipinski definition) is 12. The third-order valence-corrected chi connectivity index (χ3v) is 12.0. The van der Waals surface area contributed by atoms with E-state index in [1.54, 1.807) is 7.11 Å². The maximum Gasteiger partial charge on any atom is 0.267 e. The number of likely N-dealkylation sites (N-methyl/N-ethyl adjacent to an activating group) is 1. The van der Waals surface area contributed by atoms with Crippen LogP contribution in [0.1, 0.15) is 31.9 Å². The summed E-state index contributed by atoms with van der Waals surface area (Å²) in [5.41, 5.74) is 0.476. The molecule has 210 valence electrons. The van der Waals surface area contributed by atoms with Crippen LogP contribution in [0.5, 0.6) is 0 Å². The lowest BCUT2D eigenvalue weighted by Gasteiger charge is -2.32. The number of nitrogens with zero attached hydrogens (tertiary/aromatic N) is 4. The first-order valence-electron chi connectivity index (χ1n) is 10.5. The highest BCUT2D eigenvalue weighted by Gasteiger charge is 2.39. The molecule has 3 heterocycles. The first kappa shape index (κ1) is 31.6. The number of rotatable bonds is 8. The first-order valence-corrected chi connectivity index (χ1v) is 16.7. The van der Waals surface area contributed by atoms with Crippen LogP contribution in [0.25, 0.3) is 0 Å². The molecule has 0 bridgehead atoms. The number of aromatic nitrogens is 2. The Hall–Kier alpha value is -1.62. The molecule has 15 nitrogen and oxygen atoms in total. The van der Waals surface area contributed by atoms with Gasteiger partial charge in [-0.3, -0.25) is 4.79 Å². The van der Waals surface area contributed by atoms with E-state index in [0.717, 1.165) is 11.3 Å². The van der Waals surface area contributed by atoms with E-state index in [0.29, 0.717) is 43.0 Å². The second kappa shape index (κ2) is 12.5. The molecule has 2 aromatic heterocycles. The molecule has 37 heavy (non-hydrogen) atoms. The molecule has 1 amide bonds. The molecule has 0 aromatic carbocycles. The highest BCUT2D eigenvalue weighted by atomic mass is 32.3. The number of nitrogens with one attached hydrogen (secondary N) is 1. The molecule has 1 atom stereocenters. The zero-order chi connectivity index (χ0) is 28.2. The van der Waals surface area contributed by atoms with Crippen LogP contribution < -0.4 is 20.4 Å². The van der Waals surface area contributed by atoms with E-state index in [1.165, 1.54) is 29.0 Å². The average molecular weight is 620 g/mol. The fraction of sp³-hybridized carbons (Fsp3) is 0.588. The van der Waals surface area contributed by atoms with Crippen LogP contribution in [-0.2, 0) is 46.6 Å². The third kappa shape index (κ3) is 8.18. The Morgan fingerprint density at radius 3 is 2.41 bits per heavy atom. The quantitative estimate of drug-likeness (QED) is 0.295. The summed E-state index contributed by atoms with van der Waals surface area (Å²) in [7, 11) is -8.44. The molecule has 20 heteroatoms. The monoisotopic (exact) mass is 619 g/mol. The summed E-state index contributed by atoms with van der Waals surface area (Å²) in [6, 6.07) is 1.11. The van der Waals surface area contributed by atoms with Gasteiger partial charge in [-0.25, -0.2) is 40.2 Å². The predicted octanol–water partition coefficient (Wildman–Crippen LogP) is -1.34. The number of thiophene rings is 1. The van der Waals surface area contributed by atoms with Crippen LogP contribution in [0, 0.1) is 0 Å². The number of sulfonamides is 3. The van der Waals surface area contributed by atoms with Crippen molar-refractivity contribution in [3.63, 3.8) is 0 Å². The van der Waals surface area contributed by atoms with Crippen molar-refractivity contribution in [2.24, 2.45) is 22.3 Å². The molecule has 3 rings (SSSR count). The summed E-state index contributed by atoms with van der Waals surface area (Å²) in [6.45, 7) is 4.84. The second-order valence-corrected chi connectivity index (χ2v) is 15.3. The van der Waals surface area contributed by atoms with E-state index < -0.39 is 36.0 Å². The number of primary sulfonamides is 2. The van der Waals surface area contributed by atoms with Gasteiger partial charge in [-0.05, 0) is 19.0 Å². The van der Waals surface area contributed by atoms with Crippen molar-refractivity contribution >= 4 is 58.7 Å². The molecule has 5 N–H and O–H groups in total. The highest BCUT2D eigenvalue weighted by molar-refractivity contribution is 7.94. The minimum atomic E-state index is -3.94. The number of aryl methyl sites for hydroxylation is 1. The normalized spacial score (nSPS) is 18.2.